The number of likely N-dealkylation sites (N-methyl/N-ethyl adjacent to an activating group) is 1. The minimum atomic E-state index is 0.636. The van der Waals surface area contributed by atoms with Crippen molar-refractivity contribution >= 4 is 0 Å². The summed E-state index contributed by atoms with van der Waals surface area (Å²) in [5.74, 6) is 2.22. The zero-order valence-electron chi connectivity index (χ0n) is 12.1. The van der Waals surface area contributed by atoms with Crippen LogP contribution in [0.2, 0.25) is 0 Å². The van der Waals surface area contributed by atoms with Crippen molar-refractivity contribution in [1.29, 1.82) is 0 Å². The molecule has 3 aliphatic rings. The Balaban J connectivity index is 1.98. The van der Waals surface area contributed by atoms with Crippen molar-refractivity contribution in [1.82, 2.24) is 4.90 Å². The largest absolute Gasteiger partial charge is 0.300 e. The number of nitrogens with zero attached hydrogens (tertiary/aromatic N) is 1. The maximum atomic E-state index is 2.61. The first-order chi connectivity index (χ1) is 8.59. The zero-order valence-corrected chi connectivity index (χ0v) is 12.1. The van der Waals surface area contributed by atoms with Crippen molar-refractivity contribution in [2.24, 2.45) is 5.92 Å². The third kappa shape index (κ3) is 1.72. The maximum absolute atomic E-state index is 2.61. The number of piperidine rings is 1. The van der Waals surface area contributed by atoms with Crippen LogP contribution in [-0.2, 0) is 0 Å². The van der Waals surface area contributed by atoms with E-state index in [2.05, 4.69) is 57.0 Å². The summed E-state index contributed by atoms with van der Waals surface area (Å²) in [6, 6.07) is 10.8. The van der Waals surface area contributed by atoms with Gasteiger partial charge in [0.2, 0.25) is 0 Å². The van der Waals surface area contributed by atoms with E-state index >= 15 is 0 Å². The molecular formula is C17H25N. The summed E-state index contributed by atoms with van der Waals surface area (Å²) in [4.78, 5) is 2.61. The first-order valence-electron chi connectivity index (χ1n) is 7.40. The Bertz CT molecular complexity index is 437. The van der Waals surface area contributed by atoms with Gasteiger partial charge in [-0.1, -0.05) is 45.0 Å². The smallest absolute Gasteiger partial charge is 0.0181 e. The average molecular weight is 243 g/mol. The van der Waals surface area contributed by atoms with Gasteiger partial charge in [0, 0.05) is 18.0 Å². The molecule has 1 aliphatic carbocycles. The van der Waals surface area contributed by atoms with Crippen LogP contribution in [-0.4, -0.2) is 24.0 Å². The van der Waals surface area contributed by atoms with Gasteiger partial charge in [-0.25, -0.2) is 0 Å². The van der Waals surface area contributed by atoms with Crippen LogP contribution in [0.15, 0.2) is 24.3 Å². The molecule has 2 bridgehead atoms. The van der Waals surface area contributed by atoms with Crippen LogP contribution in [0.4, 0.5) is 0 Å². The van der Waals surface area contributed by atoms with Gasteiger partial charge < -0.3 is 0 Å². The third-order valence-electron chi connectivity index (χ3n) is 5.26. The van der Waals surface area contributed by atoms with E-state index in [4.69, 9.17) is 0 Å². The van der Waals surface area contributed by atoms with Gasteiger partial charge in [0.25, 0.3) is 0 Å². The van der Waals surface area contributed by atoms with Gasteiger partial charge in [-0.3, -0.25) is 4.90 Å². The highest BCUT2D eigenvalue weighted by Gasteiger charge is 2.48. The second kappa shape index (κ2) is 4.38. The summed E-state index contributed by atoms with van der Waals surface area (Å²) in [5, 5.41) is 0. The Hall–Kier alpha value is -0.820. The van der Waals surface area contributed by atoms with Crippen LogP contribution >= 0.6 is 0 Å². The number of rotatable bonds is 2. The highest BCUT2D eigenvalue weighted by atomic mass is 15.2. The van der Waals surface area contributed by atoms with E-state index in [9.17, 15) is 0 Å². The molecule has 1 heteroatoms. The van der Waals surface area contributed by atoms with Crippen LogP contribution in [0.25, 0.3) is 0 Å². The van der Waals surface area contributed by atoms with Gasteiger partial charge in [0.15, 0.2) is 0 Å². The minimum Gasteiger partial charge on any atom is -0.300 e. The van der Waals surface area contributed by atoms with Gasteiger partial charge in [-0.2, -0.15) is 0 Å². The first-order valence-corrected chi connectivity index (χ1v) is 7.40. The molecule has 18 heavy (non-hydrogen) atoms. The highest BCUT2D eigenvalue weighted by Crippen LogP contribution is 2.49. The molecule has 4 unspecified atom stereocenters. The predicted octanol–water partition coefficient (Wildman–Crippen LogP) is 4.01. The molecule has 98 valence electrons. The van der Waals surface area contributed by atoms with Gasteiger partial charge in [0.05, 0.1) is 0 Å². The summed E-state index contributed by atoms with van der Waals surface area (Å²) in [7, 11) is 2.32. The topological polar surface area (TPSA) is 3.24 Å². The summed E-state index contributed by atoms with van der Waals surface area (Å²) in [6.07, 6.45) is 2.79. The molecule has 4 rings (SSSR count). The fourth-order valence-electron chi connectivity index (χ4n) is 4.22. The fraction of sp³-hybridized carbons (Fsp3) is 0.647. The first kappa shape index (κ1) is 12.2. The standard InChI is InChI=1S/C17H25N/c1-11(2)14-7-5-6-8-15(14)17-12(3)9-13-10-16(17)18(13)4/h5-8,11-13,16-17H,9-10H2,1-4H3. The highest BCUT2D eigenvalue weighted by molar-refractivity contribution is 5.36. The zero-order chi connectivity index (χ0) is 12.9. The number of hydrogen-bond donors (Lipinski definition) is 0. The van der Waals surface area contributed by atoms with E-state index in [1.165, 1.54) is 12.8 Å². The van der Waals surface area contributed by atoms with Gasteiger partial charge >= 0.3 is 0 Å². The lowest BCUT2D eigenvalue weighted by Crippen LogP contribution is -2.62. The monoisotopic (exact) mass is 243 g/mol. The van der Waals surface area contributed by atoms with Crippen LogP contribution in [0, 0.1) is 5.92 Å². The lowest BCUT2D eigenvalue weighted by Gasteiger charge is -2.58. The SMILES string of the molecule is CC(C)c1ccccc1C1C(C)CC2CC1N2C. The Morgan fingerprint density at radius 1 is 1.17 bits per heavy atom. The quantitative estimate of drug-likeness (QED) is 0.758. The molecular weight excluding hydrogens is 218 g/mol. The van der Waals surface area contributed by atoms with Crippen molar-refractivity contribution in [3.05, 3.63) is 35.4 Å². The van der Waals surface area contributed by atoms with Crippen molar-refractivity contribution in [2.75, 3.05) is 7.05 Å². The molecule has 2 aliphatic heterocycles. The van der Waals surface area contributed by atoms with Crippen molar-refractivity contribution in [3.63, 3.8) is 0 Å². The molecule has 3 fully saturated rings. The summed E-state index contributed by atoms with van der Waals surface area (Å²) in [5.41, 5.74) is 3.18. The molecule has 1 aromatic rings. The molecule has 0 N–H and O–H groups in total. The van der Waals surface area contributed by atoms with Crippen LogP contribution < -0.4 is 0 Å². The molecule has 1 nitrogen and oxygen atoms in total. The second-order valence-electron chi connectivity index (χ2n) is 6.64. The maximum Gasteiger partial charge on any atom is 0.0181 e. The number of fused-ring (bicyclic) bond motifs is 2. The van der Waals surface area contributed by atoms with Crippen LogP contribution in [0.1, 0.15) is 56.6 Å². The van der Waals surface area contributed by atoms with Crippen molar-refractivity contribution < 1.29 is 0 Å². The molecule has 0 spiro atoms. The van der Waals surface area contributed by atoms with E-state index in [1.807, 2.05) is 0 Å². The van der Waals surface area contributed by atoms with E-state index in [-0.39, 0.29) is 0 Å². The number of hydrogen-bond acceptors (Lipinski definition) is 1. The Kier molecular flexibility index (Phi) is 2.97. The Morgan fingerprint density at radius 3 is 2.56 bits per heavy atom. The lowest BCUT2D eigenvalue weighted by atomic mass is 9.64. The number of benzene rings is 1. The minimum absolute atomic E-state index is 0.636. The molecule has 0 aromatic heterocycles. The predicted molar refractivity (Wildman–Crippen MR) is 77.0 cm³/mol. The molecule has 2 heterocycles. The van der Waals surface area contributed by atoms with Gasteiger partial charge in [-0.15, -0.1) is 0 Å². The molecule has 1 saturated carbocycles. The average Bonchev–Trinajstić information content (AvgIpc) is 2.37. The summed E-state index contributed by atoms with van der Waals surface area (Å²) >= 11 is 0. The van der Waals surface area contributed by atoms with Gasteiger partial charge in [-0.05, 0) is 42.9 Å². The molecule has 1 aromatic carbocycles. The van der Waals surface area contributed by atoms with E-state index in [1.54, 1.807) is 11.1 Å². The summed E-state index contributed by atoms with van der Waals surface area (Å²) < 4.78 is 0. The Morgan fingerprint density at radius 2 is 1.89 bits per heavy atom. The van der Waals surface area contributed by atoms with Crippen molar-refractivity contribution in [3.8, 4) is 0 Å². The third-order valence-corrected chi connectivity index (χ3v) is 5.26. The lowest BCUT2D eigenvalue weighted by molar-refractivity contribution is -0.0448. The Labute approximate surface area is 111 Å². The molecule has 2 saturated heterocycles. The van der Waals surface area contributed by atoms with Gasteiger partial charge in [0.1, 0.15) is 0 Å². The van der Waals surface area contributed by atoms with E-state index < -0.39 is 0 Å². The molecule has 4 atom stereocenters. The van der Waals surface area contributed by atoms with Crippen LogP contribution in [0.5, 0.6) is 0 Å². The summed E-state index contributed by atoms with van der Waals surface area (Å²) in [6.45, 7) is 7.09. The van der Waals surface area contributed by atoms with Crippen molar-refractivity contribution in [2.45, 2.75) is 57.5 Å². The second-order valence-corrected chi connectivity index (χ2v) is 6.64. The fourth-order valence-corrected chi connectivity index (χ4v) is 4.22. The van der Waals surface area contributed by atoms with Crippen LogP contribution in [0.3, 0.4) is 0 Å². The normalized spacial score (nSPS) is 35.6. The molecule has 0 radical (unpaired) electrons. The van der Waals surface area contributed by atoms with E-state index in [0.717, 1.165) is 23.9 Å². The molecule has 0 amide bonds. The van der Waals surface area contributed by atoms with E-state index in [0.29, 0.717) is 5.92 Å².